The molecule has 1 saturated heterocycles. The molecule has 1 aliphatic rings. The molecule has 1 heterocycles. The lowest BCUT2D eigenvalue weighted by Gasteiger charge is -2.30. The quantitative estimate of drug-likeness (QED) is 0.530. The molecule has 0 aromatic heterocycles. The van der Waals surface area contributed by atoms with E-state index in [2.05, 4.69) is 17.2 Å². The average Bonchev–Trinajstić information content (AvgIpc) is 2.23. The summed E-state index contributed by atoms with van der Waals surface area (Å²) in [6, 6.07) is -0.211. The van der Waals surface area contributed by atoms with E-state index in [0.717, 1.165) is 0 Å². The van der Waals surface area contributed by atoms with Crippen molar-refractivity contribution in [2.24, 2.45) is 0 Å². The fraction of sp³-hybridized carbons (Fsp3) is 0.636. The molecule has 0 radical (unpaired) electrons. The second kappa shape index (κ2) is 5.52. The molecule has 1 atom stereocenters. The van der Waals surface area contributed by atoms with Crippen LogP contribution in [0.3, 0.4) is 0 Å². The third-order valence-corrected chi connectivity index (χ3v) is 2.41. The second-order valence-corrected chi connectivity index (χ2v) is 3.40. The summed E-state index contributed by atoms with van der Waals surface area (Å²) in [5.41, 5.74) is 0. The minimum Gasteiger partial charge on any atom is -0.297 e. The van der Waals surface area contributed by atoms with Crippen LogP contribution in [0.4, 0.5) is 0 Å². The molecule has 0 spiro atoms. The van der Waals surface area contributed by atoms with Crippen molar-refractivity contribution in [2.45, 2.75) is 32.7 Å². The Morgan fingerprint density at radius 2 is 2.27 bits per heavy atom. The Balaban J connectivity index is 2.60. The first-order valence-corrected chi connectivity index (χ1v) is 5.18. The van der Waals surface area contributed by atoms with E-state index >= 15 is 0 Å². The molecule has 1 rings (SSSR count). The Kier molecular flexibility index (Phi) is 4.32. The van der Waals surface area contributed by atoms with Gasteiger partial charge in [-0.1, -0.05) is 6.92 Å². The van der Waals surface area contributed by atoms with Crippen LogP contribution in [0.2, 0.25) is 0 Å². The van der Waals surface area contributed by atoms with Crippen LogP contribution < -0.4 is 5.32 Å². The summed E-state index contributed by atoms with van der Waals surface area (Å²) in [6.45, 7) is 4.34. The number of carbonyl (C=O) groups is 2. The number of amides is 2. The minimum atomic E-state index is -0.211. The number of hydrogen-bond donors (Lipinski definition) is 1. The molecular formula is C11H16N2O2. The summed E-state index contributed by atoms with van der Waals surface area (Å²) in [6.07, 6.45) is 1.27. The number of piperazine rings is 1. The Morgan fingerprint density at radius 1 is 1.53 bits per heavy atom. The first kappa shape index (κ1) is 11.7. The number of carbonyl (C=O) groups excluding carboxylic acids is 2. The number of nitrogens with one attached hydrogen (secondary N) is 1. The molecular weight excluding hydrogens is 192 g/mol. The van der Waals surface area contributed by atoms with Gasteiger partial charge in [-0.25, -0.2) is 0 Å². The van der Waals surface area contributed by atoms with Gasteiger partial charge in [0.25, 0.3) is 0 Å². The first-order valence-electron chi connectivity index (χ1n) is 5.18. The van der Waals surface area contributed by atoms with Gasteiger partial charge in [0.15, 0.2) is 0 Å². The average molecular weight is 208 g/mol. The molecule has 4 nitrogen and oxygen atoms in total. The highest BCUT2D eigenvalue weighted by atomic mass is 16.2. The summed E-state index contributed by atoms with van der Waals surface area (Å²) in [7, 11) is 0. The molecule has 0 aromatic rings. The molecule has 0 saturated carbocycles. The lowest BCUT2D eigenvalue weighted by atomic mass is 10.1. The van der Waals surface area contributed by atoms with E-state index in [4.69, 9.17) is 0 Å². The Hall–Kier alpha value is -1.34. The molecule has 1 aliphatic heterocycles. The molecule has 1 fully saturated rings. The zero-order chi connectivity index (χ0) is 11.3. The van der Waals surface area contributed by atoms with Crippen molar-refractivity contribution >= 4 is 11.8 Å². The van der Waals surface area contributed by atoms with E-state index in [-0.39, 0.29) is 24.4 Å². The van der Waals surface area contributed by atoms with Crippen LogP contribution in [0.15, 0.2) is 0 Å². The van der Waals surface area contributed by atoms with Gasteiger partial charge in [0.2, 0.25) is 11.8 Å². The van der Waals surface area contributed by atoms with Gasteiger partial charge in [0, 0.05) is 13.0 Å². The second-order valence-electron chi connectivity index (χ2n) is 3.40. The van der Waals surface area contributed by atoms with Crippen LogP contribution in [-0.4, -0.2) is 35.8 Å². The Labute approximate surface area is 90.0 Å². The lowest BCUT2D eigenvalue weighted by molar-refractivity contribution is -0.149. The van der Waals surface area contributed by atoms with Crippen molar-refractivity contribution in [1.82, 2.24) is 10.2 Å². The van der Waals surface area contributed by atoms with Crippen LogP contribution in [0.5, 0.6) is 0 Å². The number of imide groups is 1. The predicted octanol–water partition coefficient (Wildman–Crippen LogP) is 0.137. The maximum atomic E-state index is 11.8. The van der Waals surface area contributed by atoms with Crippen molar-refractivity contribution in [2.75, 3.05) is 13.1 Å². The van der Waals surface area contributed by atoms with Gasteiger partial charge in [0.1, 0.15) is 0 Å². The monoisotopic (exact) mass is 208 g/mol. The van der Waals surface area contributed by atoms with E-state index in [1.165, 1.54) is 4.90 Å². The minimum absolute atomic E-state index is 0.119. The highest BCUT2D eigenvalue weighted by Gasteiger charge is 2.31. The molecule has 15 heavy (non-hydrogen) atoms. The molecule has 4 heteroatoms. The van der Waals surface area contributed by atoms with Crippen LogP contribution in [-0.2, 0) is 9.59 Å². The van der Waals surface area contributed by atoms with Crippen molar-refractivity contribution in [3.63, 3.8) is 0 Å². The summed E-state index contributed by atoms with van der Waals surface area (Å²) < 4.78 is 0. The summed E-state index contributed by atoms with van der Waals surface area (Å²) >= 11 is 0. The zero-order valence-corrected chi connectivity index (χ0v) is 9.17. The maximum Gasteiger partial charge on any atom is 0.246 e. The summed E-state index contributed by atoms with van der Waals surface area (Å²) in [5.74, 6) is 5.33. The van der Waals surface area contributed by atoms with Gasteiger partial charge < -0.3 is 0 Å². The van der Waals surface area contributed by atoms with E-state index in [0.29, 0.717) is 19.4 Å². The normalized spacial score (nSPS) is 21.2. The van der Waals surface area contributed by atoms with E-state index in [9.17, 15) is 9.59 Å². The molecule has 2 amide bonds. The van der Waals surface area contributed by atoms with Crippen LogP contribution in [0, 0.1) is 11.8 Å². The zero-order valence-electron chi connectivity index (χ0n) is 9.17. The fourth-order valence-corrected chi connectivity index (χ4v) is 1.55. The van der Waals surface area contributed by atoms with Crippen molar-refractivity contribution < 1.29 is 9.59 Å². The van der Waals surface area contributed by atoms with Gasteiger partial charge in [-0.05, 0) is 13.3 Å². The van der Waals surface area contributed by atoms with Crippen LogP contribution >= 0.6 is 0 Å². The van der Waals surface area contributed by atoms with Gasteiger partial charge >= 0.3 is 0 Å². The van der Waals surface area contributed by atoms with Crippen molar-refractivity contribution in [3.05, 3.63) is 0 Å². The predicted molar refractivity (Wildman–Crippen MR) is 56.9 cm³/mol. The molecule has 82 valence electrons. The molecule has 0 bridgehead atoms. The number of rotatable bonds is 3. The van der Waals surface area contributed by atoms with Crippen molar-refractivity contribution in [1.29, 1.82) is 0 Å². The van der Waals surface area contributed by atoms with E-state index < -0.39 is 0 Å². The topological polar surface area (TPSA) is 49.4 Å². The smallest absolute Gasteiger partial charge is 0.246 e. The fourth-order valence-electron chi connectivity index (χ4n) is 1.55. The highest BCUT2D eigenvalue weighted by molar-refractivity contribution is 6.01. The highest BCUT2D eigenvalue weighted by Crippen LogP contribution is 2.06. The largest absolute Gasteiger partial charge is 0.297 e. The third kappa shape index (κ3) is 2.80. The Bertz CT molecular complexity index is 314. The molecule has 0 aromatic carbocycles. The molecule has 1 unspecified atom stereocenters. The van der Waals surface area contributed by atoms with E-state index in [1.54, 1.807) is 6.92 Å². The standard InChI is InChI=1S/C11H16N2O2/c1-3-5-6-7-13-10(14)8-12-9(4-2)11(13)15/h9,12H,4,6-8H2,1-2H3. The number of nitrogens with zero attached hydrogens (tertiary/aromatic N) is 1. The van der Waals surface area contributed by atoms with Gasteiger partial charge in [-0.3, -0.25) is 19.8 Å². The van der Waals surface area contributed by atoms with Crippen molar-refractivity contribution in [3.8, 4) is 11.8 Å². The Morgan fingerprint density at radius 3 is 2.87 bits per heavy atom. The van der Waals surface area contributed by atoms with Gasteiger partial charge in [0.05, 0.1) is 12.6 Å². The third-order valence-electron chi connectivity index (χ3n) is 2.41. The maximum absolute atomic E-state index is 11.8. The lowest BCUT2D eigenvalue weighted by Crippen LogP contribution is -2.57. The summed E-state index contributed by atoms with van der Waals surface area (Å²) in [4.78, 5) is 24.5. The molecule has 0 aliphatic carbocycles. The molecule has 1 N–H and O–H groups in total. The van der Waals surface area contributed by atoms with Crippen LogP contribution in [0.1, 0.15) is 26.7 Å². The summed E-state index contributed by atoms with van der Waals surface area (Å²) in [5, 5.41) is 2.91. The van der Waals surface area contributed by atoms with Gasteiger partial charge in [-0.2, -0.15) is 0 Å². The number of hydrogen-bond acceptors (Lipinski definition) is 3. The first-order chi connectivity index (χ1) is 7.20. The SMILES string of the molecule is CC#CCCN1C(=O)CNC(CC)C1=O. The van der Waals surface area contributed by atoms with E-state index in [1.807, 2.05) is 6.92 Å². The van der Waals surface area contributed by atoms with Crippen LogP contribution in [0.25, 0.3) is 0 Å². The van der Waals surface area contributed by atoms with Gasteiger partial charge in [-0.15, -0.1) is 11.8 Å².